The summed E-state index contributed by atoms with van der Waals surface area (Å²) in [5, 5.41) is 16.6. The number of fused-ring (bicyclic) bond motifs is 1. The van der Waals surface area contributed by atoms with Crippen molar-refractivity contribution >= 4 is 17.5 Å². The zero-order valence-corrected chi connectivity index (χ0v) is 13.2. The van der Waals surface area contributed by atoms with E-state index in [0.29, 0.717) is 11.7 Å². The summed E-state index contributed by atoms with van der Waals surface area (Å²) in [6.45, 7) is 5.71. The molecule has 0 saturated heterocycles. The molecule has 2 aliphatic rings. The van der Waals surface area contributed by atoms with Crippen LogP contribution in [0.2, 0.25) is 0 Å². The number of unbranched alkanes of at least 4 members (excludes halogenated alkanes) is 1. The molecule has 0 fully saturated rings. The van der Waals surface area contributed by atoms with Crippen molar-refractivity contribution < 1.29 is 9.50 Å². The molecule has 0 aromatic carbocycles. The van der Waals surface area contributed by atoms with Crippen molar-refractivity contribution in [2.75, 3.05) is 0 Å². The quantitative estimate of drug-likeness (QED) is 0.556. The van der Waals surface area contributed by atoms with Gasteiger partial charge < -0.3 is 0 Å². The average molecular weight is 302 g/mol. The SMILES string of the molecule is CCCCC(CC)C1=N[N+]2(N=O)C(=N1)CC(=O)C(C#N)=C2C. The molecule has 2 atom stereocenters. The number of allylic oxidation sites excluding steroid dienone is 2. The Morgan fingerprint density at radius 1 is 1.45 bits per heavy atom. The molecule has 0 radical (unpaired) electrons. The Morgan fingerprint density at radius 3 is 2.73 bits per heavy atom. The van der Waals surface area contributed by atoms with Gasteiger partial charge in [-0.2, -0.15) is 10.3 Å². The summed E-state index contributed by atoms with van der Waals surface area (Å²) in [5.41, 5.74) is 0.206. The number of Topliss-reactive ketones (excluding diaryl/α,β-unsaturated/α-hetero) is 1. The average Bonchev–Trinajstić information content (AvgIpc) is 2.88. The van der Waals surface area contributed by atoms with Crippen LogP contribution in [0.25, 0.3) is 0 Å². The summed E-state index contributed by atoms with van der Waals surface area (Å²) in [6.07, 6.45) is 3.83. The number of carbonyl (C=O) groups excluding carboxylic acids is 1. The topological polar surface area (TPSA) is 95.0 Å². The van der Waals surface area contributed by atoms with E-state index in [4.69, 9.17) is 5.26 Å². The molecule has 0 N–H and O–H groups in total. The van der Waals surface area contributed by atoms with Crippen LogP contribution in [-0.2, 0) is 4.79 Å². The molecule has 2 heterocycles. The first-order chi connectivity index (χ1) is 10.5. The van der Waals surface area contributed by atoms with Crippen molar-refractivity contribution in [3.63, 3.8) is 0 Å². The Hall–Kier alpha value is -2.20. The highest BCUT2D eigenvalue weighted by molar-refractivity contribution is 6.14. The van der Waals surface area contributed by atoms with Crippen LogP contribution in [0.5, 0.6) is 0 Å². The maximum Gasteiger partial charge on any atom is 0.275 e. The van der Waals surface area contributed by atoms with E-state index in [9.17, 15) is 9.70 Å². The van der Waals surface area contributed by atoms with Crippen molar-refractivity contribution in [2.24, 2.45) is 21.3 Å². The van der Waals surface area contributed by atoms with Crippen LogP contribution < -0.4 is 0 Å². The number of nitriles is 1. The van der Waals surface area contributed by atoms with Crippen LogP contribution in [0.3, 0.4) is 0 Å². The minimum absolute atomic E-state index is 0.0369. The van der Waals surface area contributed by atoms with Crippen molar-refractivity contribution in [1.29, 1.82) is 5.26 Å². The largest absolute Gasteiger partial charge is 0.292 e. The van der Waals surface area contributed by atoms with Crippen LogP contribution in [0.15, 0.2) is 26.6 Å². The summed E-state index contributed by atoms with van der Waals surface area (Å²) >= 11 is 0. The molecule has 2 rings (SSSR count). The number of aliphatic imine (C=N–C) groups is 1. The maximum absolute atomic E-state index is 12.0. The Morgan fingerprint density at radius 2 is 2.18 bits per heavy atom. The summed E-state index contributed by atoms with van der Waals surface area (Å²) in [5.74, 6) is 0.691. The van der Waals surface area contributed by atoms with E-state index in [1.807, 2.05) is 13.0 Å². The molecule has 7 nitrogen and oxygen atoms in total. The molecule has 0 amide bonds. The van der Waals surface area contributed by atoms with Gasteiger partial charge in [-0.1, -0.05) is 31.6 Å². The molecule has 0 spiro atoms. The first-order valence-electron chi connectivity index (χ1n) is 7.60. The predicted molar refractivity (Wildman–Crippen MR) is 82.2 cm³/mol. The zero-order valence-electron chi connectivity index (χ0n) is 13.2. The van der Waals surface area contributed by atoms with E-state index in [-0.39, 0.29) is 29.4 Å². The van der Waals surface area contributed by atoms with Crippen molar-refractivity contribution in [3.05, 3.63) is 16.2 Å². The molecule has 22 heavy (non-hydrogen) atoms. The van der Waals surface area contributed by atoms with Crippen LogP contribution in [0, 0.1) is 22.2 Å². The summed E-state index contributed by atoms with van der Waals surface area (Å²) < 4.78 is -0.688. The number of amidine groups is 2. The van der Waals surface area contributed by atoms with E-state index in [1.54, 1.807) is 6.92 Å². The summed E-state index contributed by atoms with van der Waals surface area (Å²) in [6, 6.07) is 1.86. The zero-order chi connectivity index (χ0) is 16.3. The number of hydrogen-bond donors (Lipinski definition) is 0. The van der Waals surface area contributed by atoms with E-state index in [1.165, 1.54) is 0 Å². The molecule has 2 unspecified atom stereocenters. The van der Waals surface area contributed by atoms with Gasteiger partial charge in [0.25, 0.3) is 5.84 Å². The molecular formula is C15H20N5O2+. The lowest BCUT2D eigenvalue weighted by Gasteiger charge is -2.22. The maximum atomic E-state index is 12.0. The number of rotatable bonds is 6. The fraction of sp³-hybridized carbons (Fsp3) is 0.600. The second kappa shape index (κ2) is 6.28. The van der Waals surface area contributed by atoms with Gasteiger partial charge in [0.1, 0.15) is 12.5 Å². The van der Waals surface area contributed by atoms with Crippen LogP contribution in [0.1, 0.15) is 52.9 Å². The van der Waals surface area contributed by atoms with E-state index in [0.717, 1.165) is 25.7 Å². The van der Waals surface area contributed by atoms with Gasteiger partial charge in [-0.05, 0) is 17.9 Å². The van der Waals surface area contributed by atoms with Gasteiger partial charge in [-0.3, -0.25) is 4.79 Å². The van der Waals surface area contributed by atoms with E-state index < -0.39 is 4.70 Å². The Bertz CT molecular complexity index is 641. The summed E-state index contributed by atoms with van der Waals surface area (Å²) in [7, 11) is 0. The van der Waals surface area contributed by atoms with Crippen molar-refractivity contribution in [3.8, 4) is 6.07 Å². The lowest BCUT2D eigenvalue weighted by Crippen LogP contribution is -2.44. The van der Waals surface area contributed by atoms with Gasteiger partial charge in [0.15, 0.2) is 28.2 Å². The Balaban J connectivity index is 2.48. The Kier molecular flexibility index (Phi) is 4.62. The second-order valence-electron chi connectivity index (χ2n) is 5.59. The number of ketones is 1. The van der Waals surface area contributed by atoms with Crippen LogP contribution >= 0.6 is 0 Å². The number of quaternary nitrogens is 1. The van der Waals surface area contributed by atoms with Crippen LogP contribution in [-0.4, -0.2) is 22.2 Å². The van der Waals surface area contributed by atoms with Gasteiger partial charge in [0.05, 0.1) is 0 Å². The van der Waals surface area contributed by atoms with Gasteiger partial charge in [0, 0.05) is 17.5 Å². The molecule has 7 heteroatoms. The predicted octanol–water partition coefficient (Wildman–Crippen LogP) is 3.20. The van der Waals surface area contributed by atoms with Crippen LogP contribution in [0.4, 0.5) is 0 Å². The Labute approximate surface area is 129 Å². The molecule has 0 aliphatic carbocycles. The van der Waals surface area contributed by atoms with Gasteiger partial charge in [0.2, 0.25) is 0 Å². The minimum atomic E-state index is -0.688. The highest BCUT2D eigenvalue weighted by Gasteiger charge is 2.53. The highest BCUT2D eigenvalue weighted by atomic mass is 16.3. The number of carbonyl (C=O) groups is 1. The molecule has 2 aliphatic heterocycles. The standard InChI is InChI=1S/C15H20N5O2/c1-4-6-7-11(5-2)15-17-14-8-13(21)12(9-16)10(3)20(14,18-15)19-22/h11H,4-8H2,1-3H3/q+1. The second-order valence-corrected chi connectivity index (χ2v) is 5.59. The lowest BCUT2D eigenvalue weighted by molar-refractivity contribution is -0.817. The normalized spacial score (nSPS) is 25.3. The highest BCUT2D eigenvalue weighted by Crippen LogP contribution is 2.36. The fourth-order valence-corrected chi connectivity index (χ4v) is 2.85. The third-order valence-corrected chi connectivity index (χ3v) is 4.27. The molecule has 0 bridgehead atoms. The monoisotopic (exact) mass is 302 g/mol. The summed E-state index contributed by atoms with van der Waals surface area (Å²) in [4.78, 5) is 27.9. The van der Waals surface area contributed by atoms with Gasteiger partial charge >= 0.3 is 0 Å². The van der Waals surface area contributed by atoms with E-state index >= 15 is 0 Å². The lowest BCUT2D eigenvalue weighted by atomic mass is 9.98. The first-order valence-corrected chi connectivity index (χ1v) is 7.60. The number of nitrogens with zero attached hydrogens (tertiary/aromatic N) is 5. The number of hydrogen-bond acceptors (Lipinski definition) is 6. The molecular weight excluding hydrogens is 282 g/mol. The van der Waals surface area contributed by atoms with Gasteiger partial charge in [-0.25, -0.2) is 0 Å². The third kappa shape index (κ3) is 2.40. The van der Waals surface area contributed by atoms with Crippen molar-refractivity contribution in [1.82, 2.24) is 0 Å². The molecule has 0 aromatic rings. The third-order valence-electron chi connectivity index (χ3n) is 4.27. The molecule has 116 valence electrons. The minimum Gasteiger partial charge on any atom is -0.292 e. The first kappa shape index (κ1) is 16.2. The fourth-order valence-electron chi connectivity index (χ4n) is 2.85. The van der Waals surface area contributed by atoms with E-state index in [2.05, 4.69) is 22.3 Å². The smallest absolute Gasteiger partial charge is 0.275 e. The van der Waals surface area contributed by atoms with Gasteiger partial charge in [-0.15, -0.1) is 0 Å². The van der Waals surface area contributed by atoms with Crippen molar-refractivity contribution in [2.45, 2.75) is 52.9 Å². The molecule has 0 aromatic heterocycles. The molecule has 0 saturated carbocycles. The number of nitroso groups, excluding NO2 is 1.